The Morgan fingerprint density at radius 1 is 1.37 bits per heavy atom. The minimum absolute atomic E-state index is 0.00583. The van der Waals surface area contributed by atoms with Gasteiger partial charge < -0.3 is 19.9 Å². The number of rotatable bonds is 9. The summed E-state index contributed by atoms with van der Waals surface area (Å²) >= 11 is 5.64. The first kappa shape index (κ1) is 21.6. The number of primary amides is 1. The number of nitrogens with two attached hydrogens (primary N) is 1. The number of esters is 1. The molecule has 152 valence electrons. The van der Waals surface area contributed by atoms with E-state index in [9.17, 15) is 9.59 Å². The van der Waals surface area contributed by atoms with E-state index in [0.717, 1.165) is 38.3 Å². The van der Waals surface area contributed by atoms with Crippen molar-refractivity contribution in [3.05, 3.63) is 10.6 Å². The lowest BCUT2D eigenvalue weighted by molar-refractivity contribution is -0.929. The Morgan fingerprint density at radius 2 is 2.04 bits per heavy atom. The van der Waals surface area contributed by atoms with Crippen LogP contribution in [0.4, 0.5) is 0 Å². The predicted molar refractivity (Wildman–Crippen MR) is 103 cm³/mol. The molecule has 1 amide bonds. The number of likely N-dealkylation sites (tertiary alicyclic amines) is 1. The van der Waals surface area contributed by atoms with Crippen molar-refractivity contribution in [2.45, 2.75) is 59.7 Å². The van der Waals surface area contributed by atoms with Gasteiger partial charge in [-0.3, -0.25) is 9.59 Å². The molecule has 0 unspecified atom stereocenters. The molecule has 1 aliphatic heterocycles. The highest BCUT2D eigenvalue weighted by Gasteiger charge is 2.29. The molecule has 27 heavy (non-hydrogen) atoms. The molecule has 3 N–H and O–H groups in total. The molecule has 0 aromatic carbocycles. The van der Waals surface area contributed by atoms with E-state index in [0.29, 0.717) is 30.4 Å². The molecule has 1 saturated heterocycles. The summed E-state index contributed by atoms with van der Waals surface area (Å²) < 4.78 is 9.69. The lowest BCUT2D eigenvalue weighted by Crippen LogP contribution is -3.12. The summed E-state index contributed by atoms with van der Waals surface area (Å²) in [6.45, 7) is 9.74. The zero-order valence-corrected chi connectivity index (χ0v) is 17.4. The van der Waals surface area contributed by atoms with Crippen molar-refractivity contribution >= 4 is 24.1 Å². The summed E-state index contributed by atoms with van der Waals surface area (Å²) in [6.07, 6.45) is 2.41. The molecule has 2 rings (SSSR count). The van der Waals surface area contributed by atoms with E-state index in [1.54, 1.807) is 0 Å². The van der Waals surface area contributed by atoms with Crippen LogP contribution in [0.15, 0.2) is 0 Å². The third-order valence-electron chi connectivity index (χ3n) is 4.83. The fraction of sp³-hybridized carbons (Fsp3) is 0.778. The highest BCUT2D eigenvalue weighted by atomic mass is 32.1. The molecule has 2 heterocycles. The Morgan fingerprint density at radius 3 is 2.59 bits per heavy atom. The van der Waals surface area contributed by atoms with E-state index in [2.05, 4.69) is 18.9 Å². The standard InChI is InChI=1S/C18H31N5O3S/c1-4-26-17(25)14-7-9-21(10-8-14)12-23-18(27)22(11-13(2)3)16(20-23)6-5-15(19)24/h13-14H,4-12H2,1-3H3,(H2,19,24)/p+1. The second-order valence-electron chi connectivity index (χ2n) is 7.60. The number of carbonyl (C=O) groups excluding carboxylic acids is 2. The number of amides is 1. The van der Waals surface area contributed by atoms with Crippen molar-refractivity contribution in [2.75, 3.05) is 19.7 Å². The highest BCUT2D eigenvalue weighted by molar-refractivity contribution is 7.71. The van der Waals surface area contributed by atoms with Crippen molar-refractivity contribution in [3.63, 3.8) is 0 Å². The Kier molecular flexibility index (Phi) is 7.97. The lowest BCUT2D eigenvalue weighted by Gasteiger charge is -2.27. The topological polar surface area (TPSA) is 96.6 Å². The van der Waals surface area contributed by atoms with Crippen LogP contribution in [0.5, 0.6) is 0 Å². The van der Waals surface area contributed by atoms with Gasteiger partial charge in [0.2, 0.25) is 10.7 Å². The third-order valence-corrected chi connectivity index (χ3v) is 5.26. The van der Waals surface area contributed by atoms with Crippen LogP contribution in [0.2, 0.25) is 0 Å². The Bertz CT molecular complexity index is 704. The molecule has 0 saturated carbocycles. The molecule has 1 aliphatic rings. The van der Waals surface area contributed by atoms with Gasteiger partial charge in [-0.15, -0.1) is 0 Å². The van der Waals surface area contributed by atoms with Gasteiger partial charge in [-0.25, -0.2) is 0 Å². The number of piperidine rings is 1. The molecule has 8 nitrogen and oxygen atoms in total. The van der Waals surface area contributed by atoms with E-state index in [1.807, 2.05) is 16.2 Å². The average molecular weight is 399 g/mol. The number of quaternary nitrogens is 1. The van der Waals surface area contributed by atoms with Gasteiger partial charge in [0.05, 0.1) is 25.6 Å². The Hall–Kier alpha value is -1.74. The number of hydrogen-bond donors (Lipinski definition) is 2. The molecule has 0 atom stereocenters. The zero-order valence-electron chi connectivity index (χ0n) is 16.6. The summed E-state index contributed by atoms with van der Waals surface area (Å²) in [6, 6.07) is 0. The van der Waals surface area contributed by atoms with Gasteiger partial charge in [0.1, 0.15) is 5.82 Å². The van der Waals surface area contributed by atoms with E-state index in [4.69, 9.17) is 22.7 Å². The lowest BCUT2D eigenvalue weighted by atomic mass is 9.97. The molecular weight excluding hydrogens is 366 g/mol. The first-order chi connectivity index (χ1) is 12.8. The van der Waals surface area contributed by atoms with Crippen LogP contribution < -0.4 is 10.6 Å². The number of hydrogen-bond acceptors (Lipinski definition) is 5. The maximum absolute atomic E-state index is 11.9. The fourth-order valence-electron chi connectivity index (χ4n) is 3.45. The number of nitrogens with zero attached hydrogens (tertiary/aromatic N) is 3. The SMILES string of the molecule is CCOC(=O)C1CC[NH+](Cn2nc(CCC(N)=O)n(CC(C)C)c2=S)CC1. The number of carbonyl (C=O) groups is 2. The number of nitrogens with one attached hydrogen (secondary N) is 1. The largest absolute Gasteiger partial charge is 0.466 e. The molecule has 1 aromatic heterocycles. The van der Waals surface area contributed by atoms with Gasteiger partial charge in [0.15, 0.2) is 6.67 Å². The third kappa shape index (κ3) is 6.14. The molecule has 1 aromatic rings. The monoisotopic (exact) mass is 398 g/mol. The summed E-state index contributed by atoms with van der Waals surface area (Å²) in [5.41, 5.74) is 5.29. The average Bonchev–Trinajstić information content (AvgIpc) is 2.89. The van der Waals surface area contributed by atoms with Gasteiger partial charge in [-0.05, 0) is 25.1 Å². The Labute approximate surface area is 165 Å². The smallest absolute Gasteiger partial charge is 0.309 e. The van der Waals surface area contributed by atoms with Crippen LogP contribution >= 0.6 is 12.2 Å². The van der Waals surface area contributed by atoms with Gasteiger partial charge in [0.25, 0.3) is 0 Å². The normalized spacial score (nSPS) is 20.0. The van der Waals surface area contributed by atoms with Crippen molar-refractivity contribution in [1.82, 2.24) is 14.3 Å². The van der Waals surface area contributed by atoms with E-state index < -0.39 is 0 Å². The molecule has 1 fully saturated rings. The quantitative estimate of drug-likeness (QED) is 0.461. The first-order valence-corrected chi connectivity index (χ1v) is 10.2. The number of aromatic nitrogens is 3. The van der Waals surface area contributed by atoms with Crippen LogP contribution in [0.1, 0.15) is 45.9 Å². The van der Waals surface area contributed by atoms with Gasteiger partial charge in [0, 0.05) is 32.2 Å². The van der Waals surface area contributed by atoms with Crippen LogP contribution in [-0.4, -0.2) is 45.9 Å². The van der Waals surface area contributed by atoms with E-state index in [-0.39, 0.29) is 24.2 Å². The molecule has 0 spiro atoms. The Balaban J connectivity index is 2.04. The predicted octanol–water partition coefficient (Wildman–Crippen LogP) is 0.303. The maximum atomic E-state index is 11.9. The molecule has 0 radical (unpaired) electrons. The first-order valence-electron chi connectivity index (χ1n) is 9.76. The fourth-order valence-corrected chi connectivity index (χ4v) is 3.73. The summed E-state index contributed by atoms with van der Waals surface area (Å²) in [5, 5.41) is 4.67. The highest BCUT2D eigenvalue weighted by Crippen LogP contribution is 2.12. The summed E-state index contributed by atoms with van der Waals surface area (Å²) in [7, 11) is 0. The molecule has 9 heteroatoms. The molecule has 0 bridgehead atoms. The van der Waals surface area contributed by atoms with E-state index >= 15 is 0 Å². The van der Waals surface area contributed by atoms with Gasteiger partial charge >= 0.3 is 5.97 Å². The second kappa shape index (κ2) is 9.98. The maximum Gasteiger partial charge on any atom is 0.309 e. The number of aryl methyl sites for hydroxylation is 1. The zero-order chi connectivity index (χ0) is 20.0. The van der Waals surface area contributed by atoms with Crippen LogP contribution in [0.25, 0.3) is 0 Å². The molecular formula is C18H32N5O3S+. The number of ether oxygens (including phenoxy) is 1. The second-order valence-corrected chi connectivity index (χ2v) is 7.97. The van der Waals surface area contributed by atoms with Crippen molar-refractivity contribution in [1.29, 1.82) is 0 Å². The van der Waals surface area contributed by atoms with Gasteiger partial charge in [-0.2, -0.15) is 9.78 Å². The van der Waals surface area contributed by atoms with Crippen LogP contribution in [0, 0.1) is 16.6 Å². The summed E-state index contributed by atoms with van der Waals surface area (Å²) in [5.74, 6) is 0.829. The minimum Gasteiger partial charge on any atom is -0.466 e. The minimum atomic E-state index is -0.335. The van der Waals surface area contributed by atoms with Crippen LogP contribution in [0.3, 0.4) is 0 Å². The van der Waals surface area contributed by atoms with E-state index in [1.165, 1.54) is 4.90 Å². The van der Waals surface area contributed by atoms with Crippen LogP contribution in [-0.2, 0) is 34.0 Å². The van der Waals surface area contributed by atoms with Crippen molar-refractivity contribution in [2.24, 2.45) is 17.6 Å². The van der Waals surface area contributed by atoms with Gasteiger partial charge in [-0.1, -0.05) is 13.8 Å². The molecule has 0 aliphatic carbocycles. The van der Waals surface area contributed by atoms with Crippen molar-refractivity contribution < 1.29 is 19.2 Å². The summed E-state index contributed by atoms with van der Waals surface area (Å²) in [4.78, 5) is 24.4. The van der Waals surface area contributed by atoms with Crippen molar-refractivity contribution in [3.8, 4) is 0 Å².